The Morgan fingerprint density at radius 3 is 2.47 bits per heavy atom. The first-order chi connectivity index (χ1) is 16.4. The van der Waals surface area contributed by atoms with E-state index >= 15 is 0 Å². The molecule has 0 unspecified atom stereocenters. The SMILES string of the molecule is COc1ccccc1NC(=O)c1ccc(NC(=O)COc2ccc3c(C)cc(=O)oc3c2)cc1. The maximum absolute atomic E-state index is 12.5. The van der Waals surface area contributed by atoms with Crippen LogP contribution in [0, 0.1) is 6.92 Å². The third kappa shape index (κ3) is 5.24. The van der Waals surface area contributed by atoms with Crippen molar-refractivity contribution in [1.29, 1.82) is 0 Å². The first kappa shape index (κ1) is 22.6. The van der Waals surface area contributed by atoms with Crippen LogP contribution >= 0.6 is 0 Å². The second-order valence-corrected chi connectivity index (χ2v) is 7.48. The zero-order valence-electron chi connectivity index (χ0n) is 18.6. The predicted molar refractivity (Wildman–Crippen MR) is 129 cm³/mol. The molecule has 172 valence electrons. The highest BCUT2D eigenvalue weighted by atomic mass is 16.5. The van der Waals surface area contributed by atoms with E-state index in [1.807, 2.05) is 13.0 Å². The number of methoxy groups -OCH3 is 1. The maximum Gasteiger partial charge on any atom is 0.336 e. The molecule has 0 atom stereocenters. The number of benzene rings is 3. The number of hydrogen-bond acceptors (Lipinski definition) is 6. The van der Waals surface area contributed by atoms with E-state index in [1.54, 1.807) is 60.7 Å². The van der Waals surface area contributed by atoms with Crippen LogP contribution in [-0.4, -0.2) is 25.5 Å². The Bertz CT molecular complexity index is 1410. The van der Waals surface area contributed by atoms with Crippen molar-refractivity contribution in [3.05, 3.63) is 94.3 Å². The monoisotopic (exact) mass is 458 g/mol. The molecule has 2 N–H and O–H groups in total. The number of carbonyl (C=O) groups is 2. The molecule has 0 aliphatic rings. The van der Waals surface area contributed by atoms with Gasteiger partial charge in [0.15, 0.2) is 6.61 Å². The summed E-state index contributed by atoms with van der Waals surface area (Å²) in [6, 6.07) is 20.1. The highest BCUT2D eigenvalue weighted by molar-refractivity contribution is 6.05. The van der Waals surface area contributed by atoms with E-state index in [9.17, 15) is 14.4 Å². The predicted octanol–water partition coefficient (Wildman–Crippen LogP) is 4.38. The van der Waals surface area contributed by atoms with Gasteiger partial charge in [-0.05, 0) is 61.0 Å². The normalized spacial score (nSPS) is 10.5. The van der Waals surface area contributed by atoms with Crippen molar-refractivity contribution in [2.45, 2.75) is 6.92 Å². The van der Waals surface area contributed by atoms with Crippen LogP contribution in [-0.2, 0) is 4.79 Å². The quantitative estimate of drug-likeness (QED) is 0.398. The van der Waals surface area contributed by atoms with Crippen LogP contribution in [0.3, 0.4) is 0 Å². The van der Waals surface area contributed by atoms with Crippen LogP contribution < -0.4 is 25.7 Å². The highest BCUT2D eigenvalue weighted by Gasteiger charge is 2.11. The van der Waals surface area contributed by atoms with Gasteiger partial charge in [-0.3, -0.25) is 9.59 Å². The van der Waals surface area contributed by atoms with Crippen molar-refractivity contribution in [3.63, 3.8) is 0 Å². The lowest BCUT2D eigenvalue weighted by Crippen LogP contribution is -2.20. The molecule has 3 aromatic carbocycles. The highest BCUT2D eigenvalue weighted by Crippen LogP contribution is 2.24. The number of aryl methyl sites for hydroxylation is 1. The van der Waals surface area contributed by atoms with E-state index in [0.29, 0.717) is 34.0 Å². The van der Waals surface area contributed by atoms with Crippen LogP contribution in [0.5, 0.6) is 11.5 Å². The van der Waals surface area contributed by atoms with Crippen LogP contribution in [0.25, 0.3) is 11.0 Å². The van der Waals surface area contributed by atoms with Gasteiger partial charge in [-0.25, -0.2) is 4.79 Å². The molecule has 8 nitrogen and oxygen atoms in total. The fourth-order valence-corrected chi connectivity index (χ4v) is 3.39. The number of nitrogens with one attached hydrogen (secondary N) is 2. The summed E-state index contributed by atoms with van der Waals surface area (Å²) in [5.41, 5.74) is 2.25. The molecule has 4 aromatic rings. The molecule has 2 amide bonds. The lowest BCUT2D eigenvalue weighted by atomic mass is 10.1. The fraction of sp³-hybridized carbons (Fsp3) is 0.115. The first-order valence-corrected chi connectivity index (χ1v) is 10.4. The number of rotatable bonds is 7. The summed E-state index contributed by atoms with van der Waals surface area (Å²) in [7, 11) is 1.53. The number of hydrogen-bond donors (Lipinski definition) is 2. The molecular weight excluding hydrogens is 436 g/mol. The molecule has 0 spiro atoms. The van der Waals surface area contributed by atoms with E-state index in [-0.39, 0.29) is 18.4 Å². The number of amides is 2. The summed E-state index contributed by atoms with van der Waals surface area (Å²) in [4.78, 5) is 36.4. The minimum atomic E-state index is -0.445. The van der Waals surface area contributed by atoms with Crippen molar-refractivity contribution in [2.24, 2.45) is 0 Å². The van der Waals surface area contributed by atoms with Gasteiger partial charge in [-0.15, -0.1) is 0 Å². The molecule has 34 heavy (non-hydrogen) atoms. The third-order valence-corrected chi connectivity index (χ3v) is 5.08. The topological polar surface area (TPSA) is 107 Å². The van der Waals surface area contributed by atoms with Gasteiger partial charge in [-0.2, -0.15) is 0 Å². The summed E-state index contributed by atoms with van der Waals surface area (Å²) in [5, 5.41) is 6.31. The van der Waals surface area contributed by atoms with Crippen molar-refractivity contribution in [1.82, 2.24) is 0 Å². The molecule has 0 saturated heterocycles. The number of carbonyl (C=O) groups excluding carboxylic acids is 2. The van der Waals surface area contributed by atoms with E-state index in [2.05, 4.69) is 10.6 Å². The second kappa shape index (κ2) is 9.91. The Balaban J connectivity index is 1.34. The molecule has 0 bridgehead atoms. The summed E-state index contributed by atoms with van der Waals surface area (Å²) < 4.78 is 16.0. The van der Waals surface area contributed by atoms with Crippen LogP contribution in [0.2, 0.25) is 0 Å². The van der Waals surface area contributed by atoms with Gasteiger partial charge >= 0.3 is 5.63 Å². The van der Waals surface area contributed by atoms with Gasteiger partial charge < -0.3 is 24.5 Å². The lowest BCUT2D eigenvalue weighted by molar-refractivity contribution is -0.118. The largest absolute Gasteiger partial charge is 0.495 e. The Kier molecular flexibility index (Phi) is 6.59. The zero-order valence-corrected chi connectivity index (χ0v) is 18.6. The average molecular weight is 458 g/mol. The standard InChI is InChI=1S/C26H22N2O6/c1-16-13-25(30)34-23-14-19(11-12-20(16)23)33-15-24(29)27-18-9-7-17(8-10-18)26(31)28-21-5-3-4-6-22(21)32-2/h3-14H,15H2,1-2H3,(H,27,29)(H,28,31). The van der Waals surface area contributed by atoms with E-state index in [1.165, 1.54) is 13.2 Å². The molecule has 0 radical (unpaired) electrons. The number of para-hydroxylation sites is 2. The van der Waals surface area contributed by atoms with Gasteiger partial charge in [0.2, 0.25) is 0 Å². The molecule has 0 saturated carbocycles. The van der Waals surface area contributed by atoms with Crippen LogP contribution in [0.15, 0.2) is 82.0 Å². The Morgan fingerprint density at radius 1 is 0.941 bits per heavy atom. The van der Waals surface area contributed by atoms with Gasteiger partial charge in [-0.1, -0.05) is 12.1 Å². The van der Waals surface area contributed by atoms with Crippen molar-refractivity contribution in [3.8, 4) is 11.5 Å². The Morgan fingerprint density at radius 2 is 1.71 bits per heavy atom. The van der Waals surface area contributed by atoms with Crippen molar-refractivity contribution < 1.29 is 23.5 Å². The first-order valence-electron chi connectivity index (χ1n) is 10.4. The minimum Gasteiger partial charge on any atom is -0.495 e. The Hall–Kier alpha value is -4.59. The van der Waals surface area contributed by atoms with Gasteiger partial charge in [0.25, 0.3) is 11.8 Å². The smallest absolute Gasteiger partial charge is 0.336 e. The van der Waals surface area contributed by atoms with Gasteiger partial charge in [0.1, 0.15) is 17.1 Å². The summed E-state index contributed by atoms with van der Waals surface area (Å²) >= 11 is 0. The molecule has 4 rings (SSSR count). The number of fused-ring (bicyclic) bond motifs is 1. The maximum atomic E-state index is 12.5. The van der Waals surface area contributed by atoms with E-state index in [4.69, 9.17) is 13.9 Å². The molecule has 1 aromatic heterocycles. The Labute approximate surface area is 195 Å². The fourth-order valence-electron chi connectivity index (χ4n) is 3.39. The summed E-state index contributed by atoms with van der Waals surface area (Å²) in [5.74, 6) is 0.282. The van der Waals surface area contributed by atoms with E-state index in [0.717, 1.165) is 10.9 Å². The summed E-state index contributed by atoms with van der Waals surface area (Å²) in [6.07, 6.45) is 0. The third-order valence-electron chi connectivity index (χ3n) is 5.08. The molecule has 0 fully saturated rings. The van der Waals surface area contributed by atoms with E-state index < -0.39 is 5.63 Å². The van der Waals surface area contributed by atoms with Gasteiger partial charge in [0.05, 0.1) is 12.8 Å². The minimum absolute atomic E-state index is 0.238. The molecule has 8 heteroatoms. The molecule has 1 heterocycles. The van der Waals surface area contributed by atoms with Gasteiger partial charge in [0, 0.05) is 28.8 Å². The number of anilines is 2. The van der Waals surface area contributed by atoms with Crippen molar-refractivity contribution in [2.75, 3.05) is 24.4 Å². The van der Waals surface area contributed by atoms with Crippen LogP contribution in [0.4, 0.5) is 11.4 Å². The zero-order chi connectivity index (χ0) is 24.1. The molecule has 0 aliphatic carbocycles. The second-order valence-electron chi connectivity index (χ2n) is 7.48. The summed E-state index contributed by atoms with van der Waals surface area (Å²) in [6.45, 7) is 1.58. The number of ether oxygens (including phenoxy) is 2. The average Bonchev–Trinajstić information content (AvgIpc) is 2.83. The molecule has 0 aliphatic heterocycles. The lowest BCUT2D eigenvalue weighted by Gasteiger charge is -2.11. The molecular formula is C26H22N2O6. The van der Waals surface area contributed by atoms with Crippen molar-refractivity contribution >= 4 is 34.2 Å². The van der Waals surface area contributed by atoms with Crippen LogP contribution in [0.1, 0.15) is 15.9 Å².